The first-order valence-corrected chi connectivity index (χ1v) is 7.54. The van der Waals surface area contributed by atoms with Gasteiger partial charge in [-0.05, 0) is 19.3 Å². The minimum atomic E-state index is -1.50. The zero-order valence-electron chi connectivity index (χ0n) is 14.0. The van der Waals surface area contributed by atoms with E-state index >= 15 is 0 Å². The van der Waals surface area contributed by atoms with Gasteiger partial charge in [-0.2, -0.15) is 0 Å². The maximum atomic E-state index is 9.03. The van der Waals surface area contributed by atoms with Crippen molar-refractivity contribution < 1.29 is 24.6 Å². The molecule has 0 spiro atoms. The highest BCUT2D eigenvalue weighted by molar-refractivity contribution is 5.53. The Balaban J connectivity index is -0.000000414. The van der Waals surface area contributed by atoms with Gasteiger partial charge in [-0.15, -0.1) is 0 Å². The number of rotatable bonds is 9. The van der Waals surface area contributed by atoms with Gasteiger partial charge >= 0.3 is 0 Å². The minimum absolute atomic E-state index is 0. The summed E-state index contributed by atoms with van der Waals surface area (Å²) in [6.45, 7) is 11.0. The van der Waals surface area contributed by atoms with Crippen molar-refractivity contribution in [2.24, 2.45) is 0 Å². The molecule has 0 heterocycles. The fourth-order valence-corrected chi connectivity index (χ4v) is 1.95. The largest absolute Gasteiger partial charge is 0.553 e. The molecule has 2 N–H and O–H groups in total. The predicted molar refractivity (Wildman–Crippen MR) is 81.5 cm³/mol. The molecule has 0 aromatic heterocycles. The van der Waals surface area contributed by atoms with Crippen LogP contribution >= 0.6 is 0 Å². The van der Waals surface area contributed by atoms with Crippen molar-refractivity contribution in [3.63, 3.8) is 0 Å². The molecular weight excluding hydrogens is 258 g/mol. The summed E-state index contributed by atoms with van der Waals surface area (Å²) in [5.41, 5.74) is 0. The van der Waals surface area contributed by atoms with E-state index in [4.69, 9.17) is 9.90 Å². The molecule has 0 unspecified atom stereocenters. The monoisotopic (exact) mass is 293 g/mol. The van der Waals surface area contributed by atoms with Crippen LogP contribution in [0.2, 0.25) is 0 Å². The molecule has 0 aliphatic heterocycles. The predicted octanol–water partition coefficient (Wildman–Crippen LogP) is 1.98. The highest BCUT2D eigenvalue weighted by atomic mass is 16.6. The summed E-state index contributed by atoms with van der Waals surface area (Å²) in [6, 6.07) is 0. The number of ether oxygens (including phenoxy) is 1. The van der Waals surface area contributed by atoms with Gasteiger partial charge in [0.1, 0.15) is 0 Å². The normalized spacial score (nSPS) is 10.1. The Morgan fingerprint density at radius 2 is 1.20 bits per heavy atom. The molecule has 0 fully saturated rings. The number of hydrogen-bond donors (Lipinski definition) is 0. The summed E-state index contributed by atoms with van der Waals surface area (Å²) in [4.78, 5) is 9.03. The zero-order chi connectivity index (χ0) is 15.1. The lowest BCUT2D eigenvalue weighted by Crippen LogP contribution is -2.46. The van der Waals surface area contributed by atoms with Crippen LogP contribution in [0.3, 0.4) is 0 Å². The van der Waals surface area contributed by atoms with Gasteiger partial charge in [0.2, 0.25) is 0 Å². The third-order valence-corrected chi connectivity index (χ3v) is 3.32. The highest BCUT2D eigenvalue weighted by Gasteiger charge is 2.18. The van der Waals surface area contributed by atoms with E-state index in [2.05, 4.69) is 32.6 Å². The molecule has 0 aliphatic carbocycles. The Hall–Kier alpha value is -0.810. The van der Waals surface area contributed by atoms with Crippen LogP contribution in [0.25, 0.3) is 0 Å². The Morgan fingerprint density at radius 3 is 1.35 bits per heavy atom. The topological polar surface area (TPSA) is 80.9 Å². The minimum Gasteiger partial charge on any atom is -0.553 e. The second-order valence-electron chi connectivity index (χ2n) is 5.31. The van der Waals surface area contributed by atoms with Crippen LogP contribution in [0.15, 0.2) is 0 Å². The quantitative estimate of drug-likeness (QED) is 0.481. The number of quaternary nitrogens is 1. The Bertz CT molecular complexity index is 188. The first-order valence-electron chi connectivity index (χ1n) is 7.54. The molecule has 0 radical (unpaired) electrons. The van der Waals surface area contributed by atoms with E-state index in [-0.39, 0.29) is 5.48 Å². The summed E-state index contributed by atoms with van der Waals surface area (Å²) in [7, 11) is 3.48. The van der Waals surface area contributed by atoms with Gasteiger partial charge < -0.3 is 24.6 Å². The molecule has 0 aromatic carbocycles. The first kappa shape index (κ1) is 24.2. The van der Waals surface area contributed by atoms with Crippen LogP contribution in [0, 0.1) is 0 Å². The Labute approximate surface area is 124 Å². The molecule has 5 heteroatoms. The van der Waals surface area contributed by atoms with Crippen molar-refractivity contribution in [2.75, 3.05) is 33.8 Å². The summed E-state index contributed by atoms with van der Waals surface area (Å²) in [5, 5.41) is 9.03. The Morgan fingerprint density at radius 1 is 0.950 bits per heavy atom. The van der Waals surface area contributed by atoms with Crippen LogP contribution in [0.1, 0.15) is 59.3 Å². The van der Waals surface area contributed by atoms with E-state index < -0.39 is 6.16 Å². The number of methoxy groups -OCH3 is 1. The summed E-state index contributed by atoms with van der Waals surface area (Å²) >= 11 is 0. The SMILES string of the molecule is CCCC[N+](C)(CCCC)CCCC.COC(=O)[O-].O. The lowest BCUT2D eigenvalue weighted by Gasteiger charge is -2.34. The van der Waals surface area contributed by atoms with Crippen LogP contribution in [0.5, 0.6) is 0 Å². The van der Waals surface area contributed by atoms with E-state index in [1.807, 2.05) is 0 Å². The van der Waals surface area contributed by atoms with E-state index in [0.29, 0.717) is 0 Å². The van der Waals surface area contributed by atoms with Crippen molar-refractivity contribution in [3.05, 3.63) is 0 Å². The van der Waals surface area contributed by atoms with Gasteiger partial charge in [0.15, 0.2) is 0 Å². The lowest BCUT2D eigenvalue weighted by molar-refractivity contribution is -0.910. The van der Waals surface area contributed by atoms with Gasteiger partial charge in [-0.1, -0.05) is 40.0 Å². The molecular formula is C15H35NO4. The van der Waals surface area contributed by atoms with E-state index in [1.54, 1.807) is 0 Å². The van der Waals surface area contributed by atoms with E-state index in [9.17, 15) is 0 Å². The van der Waals surface area contributed by atoms with Crippen molar-refractivity contribution in [3.8, 4) is 0 Å². The average Bonchev–Trinajstić information content (AvgIpc) is 2.41. The fraction of sp³-hybridized carbons (Fsp3) is 0.933. The third-order valence-electron chi connectivity index (χ3n) is 3.32. The van der Waals surface area contributed by atoms with Crippen molar-refractivity contribution in [2.45, 2.75) is 59.3 Å². The summed E-state index contributed by atoms with van der Waals surface area (Å²) in [5.74, 6) is 0. The molecule has 0 aliphatic rings. The van der Waals surface area contributed by atoms with Gasteiger partial charge in [-0.25, -0.2) is 0 Å². The molecule has 0 rings (SSSR count). The maximum absolute atomic E-state index is 9.03. The van der Waals surface area contributed by atoms with Gasteiger partial charge in [0, 0.05) is 7.11 Å². The molecule has 0 aromatic rings. The number of carbonyl (C=O) groups excluding carboxylic acids is 1. The first-order chi connectivity index (χ1) is 8.95. The van der Waals surface area contributed by atoms with Crippen LogP contribution in [-0.4, -0.2) is 49.9 Å². The zero-order valence-corrected chi connectivity index (χ0v) is 14.0. The molecule has 5 nitrogen and oxygen atoms in total. The fourth-order valence-electron chi connectivity index (χ4n) is 1.95. The lowest BCUT2D eigenvalue weighted by atomic mass is 10.2. The summed E-state index contributed by atoms with van der Waals surface area (Å²) in [6.07, 6.45) is 6.70. The third kappa shape index (κ3) is 17.2. The standard InChI is InChI=1S/C13H30N.C2H4O3.H2O/c1-5-8-11-14(4,12-9-6-2)13-10-7-3;1-5-2(3)4;/h5-13H2,1-4H3;1H3,(H,3,4);1H2/q+1;;/p-1. The van der Waals surface area contributed by atoms with Crippen molar-refractivity contribution in [1.29, 1.82) is 0 Å². The highest BCUT2D eigenvalue weighted by Crippen LogP contribution is 2.10. The number of carbonyl (C=O) groups is 1. The van der Waals surface area contributed by atoms with Crippen molar-refractivity contribution in [1.82, 2.24) is 0 Å². The van der Waals surface area contributed by atoms with Crippen LogP contribution in [0.4, 0.5) is 4.79 Å². The average molecular weight is 293 g/mol. The van der Waals surface area contributed by atoms with Crippen molar-refractivity contribution >= 4 is 6.16 Å². The number of hydrogen-bond acceptors (Lipinski definition) is 3. The van der Waals surface area contributed by atoms with E-state index in [0.717, 1.165) is 7.11 Å². The Kier molecular flexibility index (Phi) is 19.7. The number of unbranched alkanes of at least 4 members (excludes halogenated alkanes) is 3. The van der Waals surface area contributed by atoms with Crippen LogP contribution < -0.4 is 5.11 Å². The molecule has 0 bridgehead atoms. The number of nitrogens with zero attached hydrogens (tertiary/aromatic N) is 1. The molecule has 0 amide bonds. The van der Waals surface area contributed by atoms with Gasteiger partial charge in [0.25, 0.3) is 6.16 Å². The second kappa shape index (κ2) is 16.2. The maximum Gasteiger partial charge on any atom is 0.251 e. The molecule has 0 saturated heterocycles. The van der Waals surface area contributed by atoms with Crippen LogP contribution in [-0.2, 0) is 4.74 Å². The molecule has 20 heavy (non-hydrogen) atoms. The smallest absolute Gasteiger partial charge is 0.251 e. The number of carboxylic acid groups (broad SMARTS) is 1. The second-order valence-corrected chi connectivity index (χ2v) is 5.31. The summed E-state index contributed by atoms with van der Waals surface area (Å²) < 4.78 is 4.87. The van der Waals surface area contributed by atoms with Gasteiger partial charge in [-0.3, -0.25) is 0 Å². The van der Waals surface area contributed by atoms with E-state index in [1.165, 1.54) is 62.6 Å². The molecule has 0 atom stereocenters. The van der Waals surface area contributed by atoms with Gasteiger partial charge in [0.05, 0.1) is 26.7 Å². The molecule has 124 valence electrons. The molecule has 0 saturated carbocycles.